The molecule has 232 valence electrons. The molecular weight excluding hydrogens is 649 g/mol. The average Bonchev–Trinajstić information content (AvgIpc) is 3.61. The minimum Gasteiger partial charge on any atom is -0.323 e. The van der Waals surface area contributed by atoms with E-state index in [1.54, 1.807) is 49.6 Å². The molecule has 1 aliphatic heterocycles. The molecule has 6 rings (SSSR count). The highest BCUT2D eigenvalue weighted by molar-refractivity contribution is 6.34. The summed E-state index contributed by atoms with van der Waals surface area (Å²) in [5.41, 5.74) is 2.82. The largest absolute Gasteiger partial charge is 0.323 e. The van der Waals surface area contributed by atoms with Gasteiger partial charge in [-0.3, -0.25) is 19.3 Å². The Morgan fingerprint density at radius 3 is 2.62 bits per heavy atom. The molecule has 10 nitrogen and oxygen atoms in total. The molecule has 1 N–H and O–H groups in total. The molecule has 0 spiro atoms. The number of hydrogen-bond donors (Lipinski definition) is 1. The van der Waals surface area contributed by atoms with Crippen molar-refractivity contribution in [2.24, 2.45) is 5.92 Å². The maximum Gasteiger partial charge on any atom is 0.257 e. The second-order valence-electron chi connectivity index (χ2n) is 10.7. The van der Waals surface area contributed by atoms with Gasteiger partial charge in [0, 0.05) is 46.1 Å². The number of nitrogens with one attached hydrogen (secondary N) is 1. The molecule has 45 heavy (non-hydrogen) atoms. The molecule has 1 aliphatic rings. The first kappa shape index (κ1) is 30.9. The summed E-state index contributed by atoms with van der Waals surface area (Å²) in [6.45, 7) is 1.13. The molecular formula is C30H25Cl3F2N8O2. The zero-order valence-electron chi connectivity index (χ0n) is 23.7. The summed E-state index contributed by atoms with van der Waals surface area (Å²) in [7, 11) is 0. The van der Waals surface area contributed by atoms with Crippen LogP contribution in [-0.4, -0.2) is 46.7 Å². The van der Waals surface area contributed by atoms with Crippen molar-refractivity contribution in [2.45, 2.75) is 45.2 Å². The Kier molecular flexibility index (Phi) is 8.71. The van der Waals surface area contributed by atoms with Crippen molar-refractivity contribution in [3.8, 4) is 28.1 Å². The number of hydrogen-bond acceptors (Lipinski definition) is 6. The van der Waals surface area contributed by atoms with E-state index in [9.17, 15) is 18.4 Å². The van der Waals surface area contributed by atoms with Crippen LogP contribution in [0.1, 0.15) is 37.9 Å². The van der Waals surface area contributed by atoms with Crippen LogP contribution in [-0.2, 0) is 11.3 Å². The molecule has 0 saturated heterocycles. The van der Waals surface area contributed by atoms with Gasteiger partial charge in [-0.15, -0.1) is 5.10 Å². The van der Waals surface area contributed by atoms with Gasteiger partial charge in [0.15, 0.2) is 5.15 Å². The van der Waals surface area contributed by atoms with Crippen LogP contribution in [0.2, 0.25) is 15.2 Å². The summed E-state index contributed by atoms with van der Waals surface area (Å²) in [5.74, 6) is -0.647. The summed E-state index contributed by atoms with van der Waals surface area (Å²) in [5, 5.41) is 15.7. The van der Waals surface area contributed by atoms with E-state index in [2.05, 4.69) is 25.7 Å². The molecule has 15 heteroatoms. The molecule has 0 fully saturated rings. The van der Waals surface area contributed by atoms with Crippen molar-refractivity contribution in [3.63, 3.8) is 0 Å². The number of alkyl halides is 2. The fourth-order valence-corrected chi connectivity index (χ4v) is 6.08. The Hall–Kier alpha value is -4.13. The maximum absolute atomic E-state index is 13.8. The monoisotopic (exact) mass is 672 g/mol. The molecule has 1 amide bonds. The van der Waals surface area contributed by atoms with E-state index in [-0.39, 0.29) is 21.6 Å². The van der Waals surface area contributed by atoms with E-state index in [4.69, 9.17) is 34.8 Å². The summed E-state index contributed by atoms with van der Waals surface area (Å²) < 4.78 is 31.0. The lowest BCUT2D eigenvalue weighted by molar-refractivity contribution is -0.119. The number of aromatic nitrogens is 7. The van der Waals surface area contributed by atoms with E-state index >= 15 is 0 Å². The molecule has 4 aromatic heterocycles. The lowest BCUT2D eigenvalue weighted by atomic mass is 9.96. The second kappa shape index (κ2) is 12.7. The third kappa shape index (κ3) is 6.35. The van der Waals surface area contributed by atoms with Crippen LogP contribution in [0.3, 0.4) is 0 Å². The van der Waals surface area contributed by atoms with Gasteiger partial charge in [0.05, 0.1) is 46.2 Å². The number of amides is 1. The summed E-state index contributed by atoms with van der Waals surface area (Å²) in [4.78, 5) is 31.4. The Bertz CT molecular complexity index is 1960. The van der Waals surface area contributed by atoms with E-state index in [0.29, 0.717) is 63.7 Å². The Morgan fingerprint density at radius 1 is 1.04 bits per heavy atom. The van der Waals surface area contributed by atoms with Crippen LogP contribution in [0.4, 0.5) is 14.5 Å². The number of pyridine rings is 2. The number of fused-ring (bicyclic) bond motifs is 4. The zero-order valence-corrected chi connectivity index (χ0v) is 25.9. The molecule has 5 heterocycles. The third-order valence-corrected chi connectivity index (χ3v) is 8.40. The molecule has 0 radical (unpaired) electrons. The third-order valence-electron chi connectivity index (χ3n) is 7.70. The lowest BCUT2D eigenvalue weighted by Crippen LogP contribution is -2.27. The SMILES string of the molecule is CC1CCCC(n2cc(Cl)c(-c3cc(Cl)ccc3-n3cc(Cl)nn3)cc2=O)c2cc(ccn2)-c2c(cnn2CC(F)F)NC1=O. The van der Waals surface area contributed by atoms with Gasteiger partial charge in [-0.05, 0) is 43.2 Å². The predicted molar refractivity (Wildman–Crippen MR) is 167 cm³/mol. The molecule has 0 saturated carbocycles. The first-order chi connectivity index (χ1) is 21.6. The topological polar surface area (TPSA) is 113 Å². The van der Waals surface area contributed by atoms with Crippen LogP contribution >= 0.6 is 34.8 Å². The maximum atomic E-state index is 13.8. The van der Waals surface area contributed by atoms with Crippen molar-refractivity contribution in [1.29, 1.82) is 0 Å². The lowest BCUT2D eigenvalue weighted by Gasteiger charge is -2.23. The molecule has 2 atom stereocenters. The van der Waals surface area contributed by atoms with Crippen molar-refractivity contribution in [3.05, 3.63) is 92.4 Å². The Morgan fingerprint density at radius 2 is 1.87 bits per heavy atom. The van der Waals surface area contributed by atoms with Gasteiger partial charge in [0.2, 0.25) is 5.91 Å². The van der Waals surface area contributed by atoms with Crippen LogP contribution in [0.15, 0.2) is 66.0 Å². The number of carbonyl (C=O) groups excluding carboxylic acids is 1. The number of anilines is 1. The molecule has 2 unspecified atom stereocenters. The minimum atomic E-state index is -2.67. The Labute approximate surface area is 270 Å². The normalized spacial score (nSPS) is 17.0. The second-order valence-corrected chi connectivity index (χ2v) is 11.9. The summed E-state index contributed by atoms with van der Waals surface area (Å²) in [6.07, 6.45) is 4.85. The van der Waals surface area contributed by atoms with Crippen LogP contribution in [0.5, 0.6) is 0 Å². The smallest absolute Gasteiger partial charge is 0.257 e. The van der Waals surface area contributed by atoms with Crippen LogP contribution in [0.25, 0.3) is 28.1 Å². The van der Waals surface area contributed by atoms with Crippen molar-refractivity contribution in [2.75, 3.05) is 5.32 Å². The quantitative estimate of drug-likeness (QED) is 0.217. The van der Waals surface area contributed by atoms with Gasteiger partial charge in [-0.25, -0.2) is 13.5 Å². The highest BCUT2D eigenvalue weighted by atomic mass is 35.5. The van der Waals surface area contributed by atoms with Crippen LogP contribution in [0, 0.1) is 5.92 Å². The van der Waals surface area contributed by atoms with E-state index in [1.165, 1.54) is 27.7 Å². The van der Waals surface area contributed by atoms with Gasteiger partial charge in [0.1, 0.15) is 6.54 Å². The fraction of sp³-hybridized carbons (Fsp3) is 0.267. The number of rotatable bonds is 5. The van der Waals surface area contributed by atoms with E-state index < -0.39 is 24.9 Å². The predicted octanol–water partition coefficient (Wildman–Crippen LogP) is 6.93. The minimum absolute atomic E-state index is 0.186. The summed E-state index contributed by atoms with van der Waals surface area (Å²) in [6, 6.07) is 9.28. The van der Waals surface area contributed by atoms with Crippen molar-refractivity contribution >= 4 is 46.4 Å². The Balaban J connectivity index is 1.47. The van der Waals surface area contributed by atoms with Gasteiger partial charge < -0.3 is 9.88 Å². The molecule has 0 aliphatic carbocycles. The highest BCUT2D eigenvalue weighted by Gasteiger charge is 2.26. The zero-order chi connectivity index (χ0) is 31.8. The van der Waals surface area contributed by atoms with E-state index in [1.807, 2.05) is 0 Å². The van der Waals surface area contributed by atoms with Gasteiger partial charge >= 0.3 is 0 Å². The van der Waals surface area contributed by atoms with Crippen molar-refractivity contribution < 1.29 is 13.6 Å². The molecule has 5 aromatic rings. The van der Waals surface area contributed by atoms with Gasteiger partial charge in [-0.1, -0.05) is 53.4 Å². The van der Waals surface area contributed by atoms with E-state index in [0.717, 1.165) is 4.68 Å². The fourth-order valence-electron chi connectivity index (χ4n) is 5.52. The van der Waals surface area contributed by atoms with Gasteiger partial charge in [-0.2, -0.15) is 5.10 Å². The number of nitrogens with zero attached hydrogens (tertiary/aromatic N) is 7. The first-order valence-electron chi connectivity index (χ1n) is 14.0. The number of halogens is 5. The molecule has 2 bridgehead atoms. The number of benzene rings is 1. The first-order valence-corrected chi connectivity index (χ1v) is 15.1. The average molecular weight is 674 g/mol. The summed E-state index contributed by atoms with van der Waals surface area (Å²) >= 11 is 19.2. The van der Waals surface area contributed by atoms with Crippen molar-refractivity contribution in [1.82, 2.24) is 34.3 Å². The van der Waals surface area contributed by atoms with Gasteiger partial charge in [0.25, 0.3) is 12.0 Å². The van der Waals surface area contributed by atoms with Crippen LogP contribution < -0.4 is 10.9 Å². The highest BCUT2D eigenvalue weighted by Crippen LogP contribution is 2.36. The number of carbonyl (C=O) groups is 1. The molecule has 1 aromatic carbocycles. The standard InChI is InChI=1S/C30H25Cl3F2N8O2/c1-16-3-2-4-25(22-9-17(7-8-36-22)29-23(38-30(16)45)12-37-43(29)15-27(34)35)41-13-21(32)19(11-28(41)44)20-10-18(31)5-6-24(20)42-14-26(33)39-40-42/h5-14,16,25,27H,2-4,15H2,1H3,(H,38,45).